The summed E-state index contributed by atoms with van der Waals surface area (Å²) in [5.74, 6) is 0. The van der Waals surface area contributed by atoms with Gasteiger partial charge in [0.05, 0.1) is 12.9 Å². The van der Waals surface area contributed by atoms with Crippen molar-refractivity contribution in [3.63, 3.8) is 0 Å². The molecule has 0 spiro atoms. The van der Waals surface area contributed by atoms with Gasteiger partial charge >= 0.3 is 0 Å². The molecule has 1 rings (SSSR count). The summed E-state index contributed by atoms with van der Waals surface area (Å²) >= 11 is 1.42. The van der Waals surface area contributed by atoms with Gasteiger partial charge in [-0.1, -0.05) is 11.8 Å². The number of amidine groups is 1. The summed E-state index contributed by atoms with van der Waals surface area (Å²) in [6, 6.07) is 0. The van der Waals surface area contributed by atoms with Gasteiger partial charge < -0.3 is 4.57 Å². The molecule has 0 radical (unpaired) electrons. The van der Waals surface area contributed by atoms with Crippen molar-refractivity contribution in [1.29, 1.82) is 5.26 Å². The van der Waals surface area contributed by atoms with Gasteiger partial charge in [-0.25, -0.2) is 4.98 Å². The first-order valence-corrected chi connectivity index (χ1v) is 5.28. The number of hydrogen-bond acceptors (Lipinski definition) is 4. The molecule has 1 N–H and O–H groups in total. The first-order chi connectivity index (χ1) is 6.86. The number of thioether (sulfide) groups is 1. The summed E-state index contributed by atoms with van der Waals surface area (Å²) in [5, 5.41) is 11.5. The second-order valence-corrected chi connectivity index (χ2v) is 3.22. The number of imidazole rings is 1. The van der Waals surface area contributed by atoms with Crippen LogP contribution in [0.5, 0.6) is 0 Å². The molecule has 6 heteroatoms. The van der Waals surface area contributed by atoms with Crippen LogP contribution in [0.15, 0.2) is 23.7 Å². The molecule has 0 aliphatic carbocycles. The van der Waals surface area contributed by atoms with Gasteiger partial charge in [-0.05, 0) is 6.26 Å². The van der Waals surface area contributed by atoms with Gasteiger partial charge in [0.1, 0.15) is 0 Å². The van der Waals surface area contributed by atoms with Crippen LogP contribution in [0.25, 0.3) is 0 Å². The molecule has 0 fully saturated rings. The third-order valence-corrected chi connectivity index (χ3v) is 2.15. The average Bonchev–Trinajstić information content (AvgIpc) is 2.69. The van der Waals surface area contributed by atoms with E-state index < -0.39 is 0 Å². The third kappa shape index (κ3) is 3.49. The fourth-order valence-corrected chi connectivity index (χ4v) is 1.26. The van der Waals surface area contributed by atoms with Gasteiger partial charge in [-0.2, -0.15) is 5.26 Å². The van der Waals surface area contributed by atoms with Crippen LogP contribution in [0.2, 0.25) is 0 Å². The van der Waals surface area contributed by atoms with Crippen LogP contribution >= 0.6 is 11.8 Å². The Hall–Kier alpha value is -1.48. The Labute approximate surface area is 86.9 Å². The van der Waals surface area contributed by atoms with Crippen molar-refractivity contribution < 1.29 is 0 Å². The minimum atomic E-state index is 0.640. The van der Waals surface area contributed by atoms with Crippen molar-refractivity contribution in [2.24, 2.45) is 4.99 Å². The number of hydrogen-bond donors (Lipinski definition) is 1. The summed E-state index contributed by atoms with van der Waals surface area (Å²) < 4.78 is 1.94. The predicted molar refractivity (Wildman–Crippen MR) is 56.8 cm³/mol. The van der Waals surface area contributed by atoms with E-state index in [0.29, 0.717) is 11.7 Å². The van der Waals surface area contributed by atoms with E-state index in [0.717, 1.165) is 6.54 Å². The van der Waals surface area contributed by atoms with Crippen molar-refractivity contribution >= 4 is 16.9 Å². The molecule has 0 aromatic carbocycles. The van der Waals surface area contributed by atoms with E-state index in [-0.39, 0.29) is 0 Å². The molecular formula is C8H11N5S. The Bertz CT molecular complexity index is 324. The van der Waals surface area contributed by atoms with Gasteiger partial charge in [-0.3, -0.25) is 10.3 Å². The van der Waals surface area contributed by atoms with E-state index in [9.17, 15) is 0 Å². The van der Waals surface area contributed by atoms with Crippen molar-refractivity contribution in [3.8, 4) is 6.19 Å². The lowest BCUT2D eigenvalue weighted by molar-refractivity contribution is 0.708. The minimum absolute atomic E-state index is 0.640. The topological polar surface area (TPSA) is 66.0 Å². The molecule has 0 saturated carbocycles. The molecule has 0 aliphatic rings. The van der Waals surface area contributed by atoms with Gasteiger partial charge in [0, 0.05) is 18.9 Å². The van der Waals surface area contributed by atoms with Crippen LogP contribution in [-0.2, 0) is 6.54 Å². The number of aliphatic imine (C=N–C) groups is 1. The lowest BCUT2D eigenvalue weighted by atomic mass is 10.6. The smallest absolute Gasteiger partial charge is 0.183 e. The lowest BCUT2D eigenvalue weighted by Gasteiger charge is -2.00. The monoisotopic (exact) mass is 209 g/mol. The molecule has 1 aromatic rings. The highest BCUT2D eigenvalue weighted by atomic mass is 32.2. The van der Waals surface area contributed by atoms with E-state index in [1.54, 1.807) is 12.5 Å². The zero-order chi connectivity index (χ0) is 10.2. The van der Waals surface area contributed by atoms with E-state index in [1.165, 1.54) is 11.8 Å². The predicted octanol–water partition coefficient (Wildman–Crippen LogP) is 0.673. The summed E-state index contributed by atoms with van der Waals surface area (Å²) in [7, 11) is 0. The Balaban J connectivity index is 2.35. The Morgan fingerprint density at radius 1 is 1.79 bits per heavy atom. The highest BCUT2D eigenvalue weighted by Gasteiger charge is 1.93. The normalized spacial score (nSPS) is 11.0. The molecule has 1 heterocycles. The van der Waals surface area contributed by atoms with Crippen LogP contribution in [0.3, 0.4) is 0 Å². The molecule has 74 valence electrons. The van der Waals surface area contributed by atoms with Gasteiger partial charge in [0.2, 0.25) is 0 Å². The first-order valence-electron chi connectivity index (χ1n) is 4.06. The second-order valence-electron chi connectivity index (χ2n) is 2.43. The van der Waals surface area contributed by atoms with Crippen LogP contribution in [0.4, 0.5) is 0 Å². The van der Waals surface area contributed by atoms with Crippen LogP contribution in [0.1, 0.15) is 0 Å². The number of rotatable bonds is 3. The van der Waals surface area contributed by atoms with Gasteiger partial charge in [0.15, 0.2) is 11.4 Å². The van der Waals surface area contributed by atoms with Crippen molar-refractivity contribution in [2.45, 2.75) is 6.54 Å². The summed E-state index contributed by atoms with van der Waals surface area (Å²) in [4.78, 5) is 8.12. The molecule has 1 aromatic heterocycles. The van der Waals surface area contributed by atoms with Crippen LogP contribution in [-0.4, -0.2) is 27.5 Å². The maximum atomic E-state index is 8.38. The summed E-state index contributed by atoms with van der Waals surface area (Å²) in [6.45, 7) is 1.42. The van der Waals surface area contributed by atoms with E-state index in [4.69, 9.17) is 5.26 Å². The molecule has 0 atom stereocenters. The van der Waals surface area contributed by atoms with Crippen molar-refractivity contribution in [2.75, 3.05) is 12.8 Å². The van der Waals surface area contributed by atoms with Crippen LogP contribution in [0, 0.1) is 11.5 Å². The standard InChI is InChI=1S/C8H11N5S/c1-14-8(12-6-9)11-3-5-13-4-2-10-7-13/h2,4,7H,3,5H2,1H3,(H,11,12). The minimum Gasteiger partial charge on any atom is -0.336 e. The molecule has 14 heavy (non-hydrogen) atoms. The number of nitrogens with zero attached hydrogens (tertiary/aromatic N) is 4. The van der Waals surface area contributed by atoms with E-state index in [2.05, 4.69) is 15.3 Å². The maximum absolute atomic E-state index is 8.38. The molecular weight excluding hydrogens is 198 g/mol. The zero-order valence-electron chi connectivity index (χ0n) is 7.84. The molecule has 0 saturated heterocycles. The van der Waals surface area contributed by atoms with E-state index in [1.807, 2.05) is 23.2 Å². The van der Waals surface area contributed by atoms with Gasteiger partial charge in [-0.15, -0.1) is 0 Å². The summed E-state index contributed by atoms with van der Waals surface area (Å²) in [6.07, 6.45) is 9.07. The summed E-state index contributed by atoms with van der Waals surface area (Å²) in [5.41, 5.74) is 0. The number of nitrogens with one attached hydrogen (secondary N) is 1. The molecule has 0 unspecified atom stereocenters. The fraction of sp³-hybridized carbons (Fsp3) is 0.375. The fourth-order valence-electron chi connectivity index (χ4n) is 0.889. The third-order valence-electron chi connectivity index (χ3n) is 1.53. The second kappa shape index (κ2) is 6.05. The molecule has 0 amide bonds. The largest absolute Gasteiger partial charge is 0.336 e. The number of nitriles is 1. The zero-order valence-corrected chi connectivity index (χ0v) is 8.66. The van der Waals surface area contributed by atoms with E-state index >= 15 is 0 Å². The first kappa shape index (κ1) is 10.6. The number of aromatic nitrogens is 2. The van der Waals surface area contributed by atoms with Crippen molar-refractivity contribution in [3.05, 3.63) is 18.7 Å². The van der Waals surface area contributed by atoms with Crippen LogP contribution < -0.4 is 5.32 Å². The van der Waals surface area contributed by atoms with Crippen molar-refractivity contribution in [1.82, 2.24) is 14.9 Å². The quantitative estimate of drug-likeness (QED) is 0.344. The maximum Gasteiger partial charge on any atom is 0.183 e. The lowest BCUT2D eigenvalue weighted by Crippen LogP contribution is -2.14. The Morgan fingerprint density at radius 2 is 2.64 bits per heavy atom. The van der Waals surface area contributed by atoms with Gasteiger partial charge in [0.25, 0.3) is 0 Å². The Kier molecular flexibility index (Phi) is 4.58. The highest BCUT2D eigenvalue weighted by molar-refractivity contribution is 8.13. The molecule has 0 bridgehead atoms. The highest BCUT2D eigenvalue weighted by Crippen LogP contribution is 1.95. The average molecular weight is 209 g/mol. The molecule has 5 nitrogen and oxygen atoms in total. The molecule has 0 aliphatic heterocycles. The Morgan fingerprint density at radius 3 is 3.21 bits per heavy atom. The SMILES string of the molecule is CSC(=NCCn1ccnc1)NC#N.